The molecule has 1 aromatic carbocycles. The predicted octanol–water partition coefficient (Wildman–Crippen LogP) is 3.35. The second-order valence-corrected chi connectivity index (χ2v) is 8.61. The molecule has 9 heteroatoms. The van der Waals surface area contributed by atoms with Gasteiger partial charge in [0.05, 0.1) is 17.8 Å². The highest BCUT2D eigenvalue weighted by atomic mass is 32.1. The molecule has 2 aromatic heterocycles. The molecule has 0 spiro atoms. The molecule has 0 bridgehead atoms. The van der Waals surface area contributed by atoms with Crippen LogP contribution in [0, 0.1) is 5.92 Å². The first-order valence-electron chi connectivity index (χ1n) is 10.5. The Morgan fingerprint density at radius 2 is 1.97 bits per heavy atom. The van der Waals surface area contributed by atoms with Crippen LogP contribution >= 0.6 is 11.3 Å². The van der Waals surface area contributed by atoms with E-state index in [2.05, 4.69) is 15.3 Å². The van der Waals surface area contributed by atoms with Crippen molar-refractivity contribution in [2.24, 2.45) is 5.92 Å². The lowest BCUT2D eigenvalue weighted by molar-refractivity contribution is -0.133. The van der Waals surface area contributed by atoms with E-state index in [9.17, 15) is 9.59 Å². The Kier molecular flexibility index (Phi) is 5.72. The first-order chi connectivity index (χ1) is 15.7. The van der Waals surface area contributed by atoms with Gasteiger partial charge in [0.2, 0.25) is 18.6 Å². The Morgan fingerprint density at radius 3 is 2.78 bits per heavy atom. The topological polar surface area (TPSA) is 93.7 Å². The van der Waals surface area contributed by atoms with Gasteiger partial charge in [-0.05, 0) is 37.1 Å². The fraction of sp³-hybridized carbons (Fsp3) is 0.304. The maximum absolute atomic E-state index is 12.7. The predicted molar refractivity (Wildman–Crippen MR) is 120 cm³/mol. The van der Waals surface area contributed by atoms with Gasteiger partial charge >= 0.3 is 0 Å². The summed E-state index contributed by atoms with van der Waals surface area (Å²) in [5, 5.41) is 5.67. The average Bonchev–Trinajstić information content (AvgIpc) is 3.49. The van der Waals surface area contributed by atoms with Crippen molar-refractivity contribution in [2.45, 2.75) is 19.3 Å². The summed E-state index contributed by atoms with van der Waals surface area (Å²) < 4.78 is 10.7. The standard InChI is InChI=1S/C23H22N4O4S/c28-21(12-17-13-32-23(26-17)18-3-1-2-8-24-18)27-9-6-15(7-10-27)22(29)25-16-4-5-19-20(11-16)31-14-30-19/h1-5,8,11,13,15H,6-7,9-10,12,14H2,(H,25,29). The number of pyridine rings is 1. The Labute approximate surface area is 189 Å². The highest BCUT2D eigenvalue weighted by molar-refractivity contribution is 7.13. The summed E-state index contributed by atoms with van der Waals surface area (Å²) in [6, 6.07) is 11.0. The van der Waals surface area contributed by atoms with Crippen LogP contribution in [-0.2, 0) is 16.0 Å². The third-order valence-corrected chi connectivity index (χ3v) is 6.54. The van der Waals surface area contributed by atoms with E-state index in [1.165, 1.54) is 11.3 Å². The number of carbonyl (C=O) groups is 2. The molecule has 5 rings (SSSR count). The molecular formula is C23H22N4O4S. The van der Waals surface area contributed by atoms with Crippen LogP contribution in [0.4, 0.5) is 5.69 Å². The highest BCUT2D eigenvalue weighted by Gasteiger charge is 2.28. The zero-order valence-electron chi connectivity index (χ0n) is 17.3. The zero-order valence-corrected chi connectivity index (χ0v) is 18.1. The third-order valence-electron chi connectivity index (χ3n) is 5.63. The zero-order chi connectivity index (χ0) is 21.9. The normalized spacial score (nSPS) is 15.6. The van der Waals surface area contributed by atoms with Crippen LogP contribution in [-0.4, -0.2) is 46.6 Å². The first-order valence-corrected chi connectivity index (χ1v) is 11.4. The summed E-state index contributed by atoms with van der Waals surface area (Å²) in [4.78, 5) is 36.1. The molecule has 0 aliphatic carbocycles. The number of amides is 2. The number of benzene rings is 1. The largest absolute Gasteiger partial charge is 0.454 e. The van der Waals surface area contributed by atoms with Crippen LogP contribution in [0.2, 0.25) is 0 Å². The van der Waals surface area contributed by atoms with Gasteiger partial charge in [-0.25, -0.2) is 4.98 Å². The molecule has 0 atom stereocenters. The van der Waals surface area contributed by atoms with Gasteiger partial charge in [0.1, 0.15) is 5.01 Å². The number of nitrogens with one attached hydrogen (secondary N) is 1. The summed E-state index contributed by atoms with van der Waals surface area (Å²) in [5.74, 6) is 1.20. The molecule has 2 aliphatic rings. The van der Waals surface area contributed by atoms with Crippen molar-refractivity contribution < 1.29 is 19.1 Å². The van der Waals surface area contributed by atoms with E-state index >= 15 is 0 Å². The van der Waals surface area contributed by atoms with Crippen molar-refractivity contribution >= 4 is 28.8 Å². The number of rotatable bonds is 5. The molecule has 0 saturated carbocycles. The van der Waals surface area contributed by atoms with Crippen LogP contribution in [0.5, 0.6) is 11.5 Å². The molecule has 2 aliphatic heterocycles. The number of hydrogen-bond donors (Lipinski definition) is 1. The number of piperidine rings is 1. The minimum absolute atomic E-state index is 0.0320. The number of hydrogen-bond acceptors (Lipinski definition) is 7. The van der Waals surface area contributed by atoms with E-state index in [-0.39, 0.29) is 30.9 Å². The molecule has 8 nitrogen and oxygen atoms in total. The van der Waals surface area contributed by atoms with Crippen LogP contribution in [0.15, 0.2) is 48.0 Å². The van der Waals surface area contributed by atoms with Crippen LogP contribution in [0.25, 0.3) is 10.7 Å². The van der Waals surface area contributed by atoms with Crippen molar-refractivity contribution in [1.29, 1.82) is 0 Å². The molecule has 164 valence electrons. The van der Waals surface area contributed by atoms with E-state index in [4.69, 9.17) is 9.47 Å². The van der Waals surface area contributed by atoms with E-state index in [1.807, 2.05) is 28.5 Å². The summed E-state index contributed by atoms with van der Waals surface area (Å²) in [5.41, 5.74) is 2.25. The third kappa shape index (κ3) is 4.43. The number of carbonyl (C=O) groups excluding carboxylic acids is 2. The summed E-state index contributed by atoms with van der Waals surface area (Å²) in [6.45, 7) is 1.33. The molecule has 1 saturated heterocycles. The van der Waals surface area contributed by atoms with Gasteiger partial charge in [-0.1, -0.05) is 6.07 Å². The van der Waals surface area contributed by atoms with Gasteiger partial charge < -0.3 is 19.7 Å². The maximum Gasteiger partial charge on any atom is 0.231 e. The molecule has 32 heavy (non-hydrogen) atoms. The smallest absolute Gasteiger partial charge is 0.231 e. The van der Waals surface area contributed by atoms with E-state index in [0.29, 0.717) is 43.1 Å². The van der Waals surface area contributed by atoms with Crippen LogP contribution in [0.1, 0.15) is 18.5 Å². The Morgan fingerprint density at radius 1 is 1.12 bits per heavy atom. The maximum atomic E-state index is 12.7. The van der Waals surface area contributed by atoms with Gasteiger partial charge in [-0.2, -0.15) is 0 Å². The number of thiazole rings is 1. The number of fused-ring (bicyclic) bond motifs is 1. The number of nitrogens with zero attached hydrogens (tertiary/aromatic N) is 3. The molecular weight excluding hydrogens is 428 g/mol. The Bertz CT molecular complexity index is 1130. The first kappa shape index (κ1) is 20.4. The van der Waals surface area contributed by atoms with Gasteiger partial charge in [0.15, 0.2) is 11.5 Å². The van der Waals surface area contributed by atoms with E-state index in [0.717, 1.165) is 16.4 Å². The van der Waals surface area contributed by atoms with Gasteiger partial charge in [0, 0.05) is 42.3 Å². The molecule has 0 unspecified atom stereocenters. The van der Waals surface area contributed by atoms with Gasteiger partial charge in [0.25, 0.3) is 0 Å². The average molecular weight is 451 g/mol. The summed E-state index contributed by atoms with van der Waals surface area (Å²) >= 11 is 1.49. The number of ether oxygens (including phenoxy) is 2. The second kappa shape index (κ2) is 8.96. The van der Waals surface area contributed by atoms with Crippen molar-refractivity contribution in [1.82, 2.24) is 14.9 Å². The molecule has 1 fully saturated rings. The van der Waals surface area contributed by atoms with Crippen molar-refractivity contribution in [2.75, 3.05) is 25.2 Å². The quantitative estimate of drug-likeness (QED) is 0.641. The van der Waals surface area contributed by atoms with Crippen molar-refractivity contribution in [3.63, 3.8) is 0 Å². The molecule has 3 aromatic rings. The second-order valence-electron chi connectivity index (χ2n) is 7.75. The minimum Gasteiger partial charge on any atom is -0.454 e. The molecule has 4 heterocycles. The van der Waals surface area contributed by atoms with Gasteiger partial charge in [-0.3, -0.25) is 14.6 Å². The molecule has 0 radical (unpaired) electrons. The number of likely N-dealkylation sites (tertiary alicyclic amines) is 1. The molecule has 2 amide bonds. The minimum atomic E-state index is -0.125. The lowest BCUT2D eigenvalue weighted by atomic mass is 9.95. The fourth-order valence-electron chi connectivity index (χ4n) is 3.87. The SMILES string of the molecule is O=C(Nc1ccc2c(c1)OCO2)C1CCN(C(=O)Cc2csc(-c3ccccn3)n2)CC1. The fourth-order valence-corrected chi connectivity index (χ4v) is 4.67. The van der Waals surface area contributed by atoms with Crippen molar-refractivity contribution in [3.8, 4) is 22.2 Å². The summed E-state index contributed by atoms with van der Waals surface area (Å²) in [7, 11) is 0. The summed E-state index contributed by atoms with van der Waals surface area (Å²) in [6.07, 6.45) is 3.27. The van der Waals surface area contributed by atoms with Crippen LogP contribution in [0.3, 0.4) is 0 Å². The van der Waals surface area contributed by atoms with E-state index < -0.39 is 0 Å². The lowest BCUT2D eigenvalue weighted by Gasteiger charge is -2.31. The van der Waals surface area contributed by atoms with Gasteiger partial charge in [-0.15, -0.1) is 11.3 Å². The van der Waals surface area contributed by atoms with E-state index in [1.54, 1.807) is 24.4 Å². The Balaban J connectivity index is 1.12. The lowest BCUT2D eigenvalue weighted by Crippen LogP contribution is -2.42. The Hall–Kier alpha value is -3.46. The number of anilines is 1. The number of aromatic nitrogens is 2. The highest BCUT2D eigenvalue weighted by Crippen LogP contribution is 2.34. The molecule has 1 N–H and O–H groups in total. The van der Waals surface area contributed by atoms with Crippen molar-refractivity contribution in [3.05, 3.63) is 53.7 Å². The monoisotopic (exact) mass is 450 g/mol. The van der Waals surface area contributed by atoms with Crippen LogP contribution < -0.4 is 14.8 Å².